The van der Waals surface area contributed by atoms with Crippen molar-refractivity contribution in [2.75, 3.05) is 26.4 Å². The van der Waals surface area contributed by atoms with Crippen LogP contribution in [0.5, 0.6) is 0 Å². The van der Waals surface area contributed by atoms with Crippen LogP contribution in [0, 0.1) is 0 Å². The maximum absolute atomic E-state index is 11.9. The second-order valence-electron chi connectivity index (χ2n) is 15.4. The van der Waals surface area contributed by atoms with Crippen molar-refractivity contribution in [3.63, 3.8) is 0 Å². The highest BCUT2D eigenvalue weighted by atomic mass is 35.5. The van der Waals surface area contributed by atoms with Gasteiger partial charge in [0.2, 0.25) is 5.91 Å². The molecule has 2 aromatic carbocycles. The highest BCUT2D eigenvalue weighted by Gasteiger charge is 2.53. The first-order valence-corrected chi connectivity index (χ1v) is 20.3. The molecule has 64 heavy (non-hydrogen) atoms. The molecule has 364 valence electrons. The van der Waals surface area contributed by atoms with E-state index in [0.717, 1.165) is 11.1 Å². The molecule has 4 aliphatic heterocycles. The highest BCUT2D eigenvalue weighted by Crippen LogP contribution is 2.31. The number of aliphatic hydroxyl groups excluding tert-OH is 12. The van der Waals surface area contributed by atoms with Crippen molar-refractivity contribution in [2.24, 2.45) is 5.73 Å². The Morgan fingerprint density at radius 1 is 0.531 bits per heavy atom. The summed E-state index contributed by atoms with van der Waals surface area (Å²) in [5.74, 6) is -0.492. The van der Waals surface area contributed by atoms with Gasteiger partial charge >= 0.3 is 0 Å². The predicted molar refractivity (Wildman–Crippen MR) is 216 cm³/mol. The zero-order valence-electron chi connectivity index (χ0n) is 34.6. The third-order valence-corrected chi connectivity index (χ3v) is 10.9. The molecular weight excluding hydrogens is 880 g/mol. The van der Waals surface area contributed by atoms with Gasteiger partial charge in [0.05, 0.1) is 45.7 Å². The fraction of sp³-hybridized carbons (Fsp3) is 0.675. The summed E-state index contributed by atoms with van der Waals surface area (Å²) in [6, 6.07) is 16.2. The van der Waals surface area contributed by atoms with Crippen molar-refractivity contribution in [1.82, 2.24) is 5.32 Å². The van der Waals surface area contributed by atoms with Gasteiger partial charge in [0.25, 0.3) is 0 Å². The molecule has 4 aliphatic rings. The Balaban J connectivity index is 0.000000277. The maximum Gasteiger partial charge on any atom is 0.217 e. The summed E-state index contributed by atoms with van der Waals surface area (Å²) < 4.78 is 44.8. The number of nitrogens with two attached hydrogens (primary N) is 1. The average molecular weight is 941 g/mol. The van der Waals surface area contributed by atoms with Gasteiger partial charge in [-0.1, -0.05) is 60.7 Å². The fourth-order valence-corrected chi connectivity index (χ4v) is 7.35. The van der Waals surface area contributed by atoms with Gasteiger partial charge in [-0.25, -0.2) is 0 Å². The first-order chi connectivity index (χ1) is 30.1. The molecule has 15 N–H and O–H groups in total. The van der Waals surface area contributed by atoms with E-state index in [-0.39, 0.29) is 25.6 Å². The molecule has 0 bridgehead atoms. The number of aliphatic hydroxyl groups is 12. The molecule has 20 atom stereocenters. The van der Waals surface area contributed by atoms with Gasteiger partial charge in [-0.2, -0.15) is 0 Å². The van der Waals surface area contributed by atoms with Gasteiger partial charge in [-0.15, -0.1) is 12.4 Å². The summed E-state index contributed by atoms with van der Waals surface area (Å²) in [5.41, 5.74) is 7.83. The number of nitrogens with one attached hydrogen (secondary N) is 1. The first kappa shape index (κ1) is 54.0. The van der Waals surface area contributed by atoms with Crippen LogP contribution in [0.25, 0.3) is 0 Å². The Morgan fingerprint density at radius 3 is 1.31 bits per heavy atom. The lowest BCUT2D eigenvalue weighted by molar-refractivity contribution is -0.345. The van der Waals surface area contributed by atoms with Crippen molar-refractivity contribution in [3.05, 3.63) is 71.8 Å². The van der Waals surface area contributed by atoms with Crippen molar-refractivity contribution in [1.29, 1.82) is 0 Å². The standard InChI is InChI=1S/C21H31NO11.C19H29NO10.ClH/c1-10(25)22-14-19(33-21-18(29)17(28)15(26)12(7-23)32-21)16(27)13(8-24)31-20(14)30-9-11-5-3-2-4-6-11;20-12-17(30-19-16(26)15(25)13(23)10(6-21)29-19)14(24)11(7-22)28-18(12)27-8-9-4-2-1-3-5-9;/h2-6,12-21,23-24,26-29H,7-9H2,1H3,(H,22,25);1-5,10-19,21-26H,6-8,20H2;1H/t12?,13?,14?,15-,16+,17-,18?,19+,20+,21-;10?,11?,12?,13-,14+,15-,16?,17+,18+,19-;/m00./s1. The van der Waals surface area contributed by atoms with Crippen LogP contribution in [-0.2, 0) is 55.9 Å². The number of carbonyl (C=O) groups is 1. The molecule has 0 spiro atoms. The van der Waals surface area contributed by atoms with Gasteiger partial charge in [-0.05, 0) is 11.1 Å². The smallest absolute Gasteiger partial charge is 0.217 e. The van der Waals surface area contributed by atoms with Crippen LogP contribution < -0.4 is 11.1 Å². The number of benzene rings is 2. The maximum atomic E-state index is 11.9. The van der Waals surface area contributed by atoms with E-state index in [1.165, 1.54) is 6.92 Å². The van der Waals surface area contributed by atoms with Crippen molar-refractivity contribution >= 4 is 18.3 Å². The lowest BCUT2D eigenvalue weighted by Gasteiger charge is -2.47. The molecule has 4 heterocycles. The van der Waals surface area contributed by atoms with Crippen LogP contribution in [0.1, 0.15) is 18.1 Å². The SMILES string of the molecule is CC(=O)NC1[C@H](OCc2ccccc2)OC(CO)[C@@H](O)[C@@H]1O[C@@H]1OC(CO)[C@H](O)[C@H](O)C1O.Cl.NC1[C@H](OCc2ccccc2)OC(CO)[C@@H](O)[C@@H]1O[C@@H]1OC(CO)[C@H](O)[C@H](O)C1O. The van der Waals surface area contributed by atoms with Crippen LogP contribution in [0.4, 0.5) is 0 Å². The summed E-state index contributed by atoms with van der Waals surface area (Å²) in [7, 11) is 0. The molecule has 24 heteroatoms. The number of hydrogen-bond donors (Lipinski definition) is 14. The first-order valence-electron chi connectivity index (χ1n) is 20.3. The second-order valence-corrected chi connectivity index (χ2v) is 15.4. The van der Waals surface area contributed by atoms with Crippen LogP contribution >= 0.6 is 12.4 Å². The average Bonchev–Trinajstić information content (AvgIpc) is 3.29. The molecule has 8 unspecified atom stereocenters. The summed E-state index contributed by atoms with van der Waals surface area (Å²) in [5, 5.41) is 122. The summed E-state index contributed by atoms with van der Waals surface area (Å²) in [6.07, 6.45) is -25.3. The molecule has 0 radical (unpaired) electrons. The molecule has 0 aromatic heterocycles. The molecule has 0 aliphatic carbocycles. The van der Waals surface area contributed by atoms with Crippen LogP contribution in [0.2, 0.25) is 0 Å². The molecular formula is C40H61ClN2O21. The second kappa shape index (κ2) is 25.5. The predicted octanol–water partition coefficient (Wildman–Crippen LogP) is -5.81. The quantitative estimate of drug-likeness (QED) is 0.0791. The molecule has 1 amide bonds. The summed E-state index contributed by atoms with van der Waals surface area (Å²) >= 11 is 0. The number of ether oxygens (including phenoxy) is 8. The van der Waals surface area contributed by atoms with E-state index in [1.54, 1.807) is 0 Å². The van der Waals surface area contributed by atoms with E-state index >= 15 is 0 Å². The third kappa shape index (κ3) is 13.3. The Kier molecular flexibility index (Phi) is 21.5. The third-order valence-electron chi connectivity index (χ3n) is 10.9. The van der Waals surface area contributed by atoms with Gasteiger partial charge < -0.3 is 110 Å². The summed E-state index contributed by atoms with van der Waals surface area (Å²) in [6.45, 7) is -0.971. The minimum atomic E-state index is -1.73. The Labute approximate surface area is 373 Å². The van der Waals surface area contributed by atoms with E-state index in [9.17, 15) is 66.1 Å². The summed E-state index contributed by atoms with van der Waals surface area (Å²) in [4.78, 5) is 11.9. The minimum Gasteiger partial charge on any atom is -0.394 e. The van der Waals surface area contributed by atoms with Gasteiger partial charge in [0, 0.05) is 6.92 Å². The van der Waals surface area contributed by atoms with Crippen LogP contribution in [0.15, 0.2) is 60.7 Å². The number of rotatable bonds is 15. The number of hydrogen-bond acceptors (Lipinski definition) is 22. The van der Waals surface area contributed by atoms with Crippen LogP contribution in [0.3, 0.4) is 0 Å². The lowest BCUT2D eigenvalue weighted by atomic mass is 9.95. The Morgan fingerprint density at radius 2 is 0.891 bits per heavy atom. The van der Waals surface area contributed by atoms with Gasteiger partial charge in [-0.3, -0.25) is 4.79 Å². The normalized spacial score (nSPS) is 40.0. The lowest BCUT2D eigenvalue weighted by Crippen LogP contribution is -2.68. The number of carbonyl (C=O) groups excluding carboxylic acids is 1. The molecule has 23 nitrogen and oxygen atoms in total. The zero-order chi connectivity index (χ0) is 46.0. The monoisotopic (exact) mass is 940 g/mol. The van der Waals surface area contributed by atoms with Gasteiger partial charge in [0.15, 0.2) is 25.2 Å². The zero-order valence-corrected chi connectivity index (χ0v) is 35.4. The van der Waals surface area contributed by atoms with Gasteiger partial charge in [0.1, 0.15) is 91.5 Å². The van der Waals surface area contributed by atoms with E-state index < -0.39 is 155 Å². The molecule has 6 rings (SSSR count). The van der Waals surface area contributed by atoms with E-state index in [4.69, 9.17) is 43.6 Å². The molecule has 4 fully saturated rings. The molecule has 0 saturated carbocycles. The highest BCUT2D eigenvalue weighted by molar-refractivity contribution is 5.85. The number of amides is 1. The van der Waals surface area contributed by atoms with E-state index in [2.05, 4.69) is 5.32 Å². The Bertz CT molecular complexity index is 1640. The van der Waals surface area contributed by atoms with Crippen molar-refractivity contribution in [2.45, 2.75) is 143 Å². The number of halogens is 1. The largest absolute Gasteiger partial charge is 0.394 e. The Hall–Kier alpha value is -2.64. The van der Waals surface area contributed by atoms with E-state index in [1.807, 2.05) is 60.7 Å². The topological polar surface area (TPSA) is 372 Å². The fourth-order valence-electron chi connectivity index (χ4n) is 7.35. The molecule has 4 saturated heterocycles. The van der Waals surface area contributed by atoms with E-state index in [0.29, 0.717) is 0 Å². The molecule has 2 aromatic rings. The van der Waals surface area contributed by atoms with Crippen molar-refractivity contribution < 1.29 is 104 Å². The van der Waals surface area contributed by atoms with Crippen LogP contribution in [-0.4, -0.2) is 216 Å². The minimum absolute atomic E-state index is 0. The van der Waals surface area contributed by atoms with Crippen molar-refractivity contribution in [3.8, 4) is 0 Å².